The molecule has 1 aliphatic heterocycles. The Hall–Kier alpha value is -2.18. The van der Waals surface area contributed by atoms with E-state index in [0.29, 0.717) is 12.5 Å². The van der Waals surface area contributed by atoms with Crippen molar-refractivity contribution in [1.29, 1.82) is 0 Å². The summed E-state index contributed by atoms with van der Waals surface area (Å²) in [5.74, 6) is 0.360. The molecule has 0 saturated carbocycles. The van der Waals surface area contributed by atoms with Crippen LogP contribution in [0.4, 0.5) is 4.79 Å². The average molecular weight is 427 g/mol. The van der Waals surface area contributed by atoms with Crippen molar-refractivity contribution in [3.8, 4) is 21.7 Å². The third-order valence-electron chi connectivity index (χ3n) is 5.09. The number of likely N-dealkylation sites (tertiary alicyclic amines) is 1. The smallest absolute Gasteiger partial charge is 0.410 e. The van der Waals surface area contributed by atoms with Gasteiger partial charge in [0.15, 0.2) is 0 Å². The van der Waals surface area contributed by atoms with E-state index in [1.807, 2.05) is 31.7 Å². The fourth-order valence-electron chi connectivity index (χ4n) is 3.73. The summed E-state index contributed by atoms with van der Waals surface area (Å²) in [7, 11) is 0. The predicted molar refractivity (Wildman–Crippen MR) is 120 cm³/mol. The lowest BCUT2D eigenvalue weighted by Gasteiger charge is -2.28. The lowest BCUT2D eigenvalue weighted by Crippen LogP contribution is -2.37. The third kappa shape index (κ3) is 4.23. The predicted octanol–water partition coefficient (Wildman–Crippen LogP) is 6.86. The minimum atomic E-state index is -0.497. The van der Waals surface area contributed by atoms with Crippen molar-refractivity contribution >= 4 is 28.8 Å². The molecule has 0 N–H and O–H groups in total. The van der Waals surface area contributed by atoms with Crippen molar-refractivity contribution in [3.63, 3.8) is 0 Å². The molecule has 4 nitrogen and oxygen atoms in total. The van der Waals surface area contributed by atoms with Gasteiger partial charge < -0.3 is 4.74 Å². The summed E-state index contributed by atoms with van der Waals surface area (Å²) in [4.78, 5) is 20.8. The van der Waals surface area contributed by atoms with Crippen LogP contribution in [0.15, 0.2) is 47.2 Å². The van der Waals surface area contributed by atoms with Crippen molar-refractivity contribution < 1.29 is 9.53 Å². The van der Waals surface area contributed by atoms with E-state index in [1.165, 1.54) is 16.0 Å². The molecule has 1 saturated heterocycles. The summed E-state index contributed by atoms with van der Waals surface area (Å²) in [6, 6.07) is 12.5. The molecule has 0 unspecified atom stereocenters. The number of amides is 1. The van der Waals surface area contributed by atoms with Crippen LogP contribution in [0.1, 0.15) is 45.2 Å². The van der Waals surface area contributed by atoms with Crippen molar-refractivity contribution in [2.45, 2.75) is 45.8 Å². The van der Waals surface area contributed by atoms with Gasteiger partial charge in [0.2, 0.25) is 0 Å². The molecular formula is C23H26N2O2S2. The molecule has 0 radical (unpaired) electrons. The summed E-state index contributed by atoms with van der Waals surface area (Å²) >= 11 is 3.35. The normalized spacial score (nSPS) is 19.5. The second-order valence-electron chi connectivity index (χ2n) is 8.48. The second-order valence-corrected chi connectivity index (χ2v) is 10.3. The van der Waals surface area contributed by atoms with Gasteiger partial charge in [0.25, 0.3) is 0 Å². The Kier molecular flexibility index (Phi) is 5.49. The number of hydrogen-bond acceptors (Lipinski definition) is 5. The van der Waals surface area contributed by atoms with Crippen LogP contribution in [0.5, 0.6) is 0 Å². The molecule has 1 aliphatic rings. The van der Waals surface area contributed by atoms with Gasteiger partial charge in [-0.1, -0.05) is 37.3 Å². The van der Waals surface area contributed by atoms with Gasteiger partial charge in [-0.2, -0.15) is 0 Å². The number of aromatic nitrogens is 1. The average Bonchev–Trinajstić information content (AvgIpc) is 3.39. The molecule has 0 aliphatic carbocycles. The van der Waals surface area contributed by atoms with E-state index >= 15 is 0 Å². The molecule has 0 bridgehead atoms. The van der Waals surface area contributed by atoms with E-state index in [0.717, 1.165) is 17.1 Å². The van der Waals surface area contributed by atoms with E-state index in [2.05, 4.69) is 48.0 Å². The van der Waals surface area contributed by atoms with Crippen LogP contribution in [0.25, 0.3) is 21.7 Å². The van der Waals surface area contributed by atoms with Gasteiger partial charge >= 0.3 is 6.09 Å². The molecule has 3 heterocycles. The van der Waals surface area contributed by atoms with Crippen LogP contribution >= 0.6 is 22.7 Å². The summed E-state index contributed by atoms with van der Waals surface area (Å²) in [5.41, 5.74) is 2.89. The summed E-state index contributed by atoms with van der Waals surface area (Å²) in [5, 5.41) is 5.22. The number of rotatable bonds is 3. The molecule has 29 heavy (non-hydrogen) atoms. The number of carbonyl (C=O) groups excluding carboxylic acids is 1. The molecular weight excluding hydrogens is 400 g/mol. The number of thiazole rings is 1. The SMILES string of the molecule is C[C@H]1CCN(C(=O)OC(C)(C)C)[C@@H]1c1nc(-c2sccc2-c2ccccc2)cs1. The van der Waals surface area contributed by atoms with Crippen LogP contribution < -0.4 is 0 Å². The first-order chi connectivity index (χ1) is 13.8. The highest BCUT2D eigenvalue weighted by molar-refractivity contribution is 7.15. The highest BCUT2D eigenvalue weighted by Crippen LogP contribution is 2.42. The molecule has 4 rings (SSSR count). The maximum atomic E-state index is 12.7. The summed E-state index contributed by atoms with van der Waals surface area (Å²) < 4.78 is 5.64. The highest BCUT2D eigenvalue weighted by atomic mass is 32.1. The van der Waals surface area contributed by atoms with E-state index in [-0.39, 0.29) is 12.1 Å². The first kappa shape index (κ1) is 20.1. The lowest BCUT2D eigenvalue weighted by atomic mass is 10.0. The summed E-state index contributed by atoms with van der Waals surface area (Å²) in [6.45, 7) is 8.62. The molecule has 1 aromatic carbocycles. The Morgan fingerprint density at radius 2 is 1.93 bits per heavy atom. The minimum absolute atomic E-state index is 0.0243. The number of thiophene rings is 1. The highest BCUT2D eigenvalue weighted by Gasteiger charge is 2.39. The fraction of sp³-hybridized carbons (Fsp3) is 0.391. The first-order valence-corrected chi connectivity index (χ1v) is 11.7. The number of nitrogens with zero attached hydrogens (tertiary/aromatic N) is 2. The van der Waals surface area contributed by atoms with Crippen LogP contribution in [0, 0.1) is 5.92 Å². The van der Waals surface area contributed by atoms with Crippen LogP contribution in [0.2, 0.25) is 0 Å². The fourth-order valence-corrected chi connectivity index (χ4v) is 5.74. The number of carbonyl (C=O) groups is 1. The topological polar surface area (TPSA) is 42.4 Å². The Labute approximate surface area is 180 Å². The molecule has 3 aromatic rings. The molecule has 2 aromatic heterocycles. The second kappa shape index (κ2) is 7.92. The summed E-state index contributed by atoms with van der Waals surface area (Å²) in [6.07, 6.45) is 0.720. The molecule has 2 atom stereocenters. The minimum Gasteiger partial charge on any atom is -0.444 e. The quantitative estimate of drug-likeness (QED) is 0.459. The Balaban J connectivity index is 1.62. The zero-order chi connectivity index (χ0) is 20.6. The lowest BCUT2D eigenvalue weighted by molar-refractivity contribution is 0.0208. The number of benzene rings is 1. The van der Waals surface area contributed by atoms with E-state index in [1.54, 1.807) is 22.7 Å². The molecule has 0 spiro atoms. The van der Waals surface area contributed by atoms with Crippen LogP contribution in [0.3, 0.4) is 0 Å². The maximum Gasteiger partial charge on any atom is 0.410 e. The maximum absolute atomic E-state index is 12.7. The zero-order valence-electron chi connectivity index (χ0n) is 17.2. The third-order valence-corrected chi connectivity index (χ3v) is 6.94. The van der Waals surface area contributed by atoms with Gasteiger partial charge in [0, 0.05) is 17.5 Å². The largest absolute Gasteiger partial charge is 0.444 e. The van der Waals surface area contributed by atoms with Crippen LogP contribution in [-0.4, -0.2) is 28.1 Å². The van der Waals surface area contributed by atoms with E-state index in [9.17, 15) is 4.79 Å². The first-order valence-electron chi connectivity index (χ1n) is 9.92. The molecule has 1 amide bonds. The monoisotopic (exact) mass is 426 g/mol. The molecule has 152 valence electrons. The van der Waals surface area contributed by atoms with Gasteiger partial charge in [-0.25, -0.2) is 9.78 Å². The van der Waals surface area contributed by atoms with Crippen molar-refractivity contribution in [3.05, 3.63) is 52.2 Å². The number of ether oxygens (including phenoxy) is 1. The van der Waals surface area contributed by atoms with Gasteiger partial charge in [-0.15, -0.1) is 22.7 Å². The van der Waals surface area contributed by atoms with Crippen LogP contribution in [-0.2, 0) is 4.74 Å². The standard InChI is InChI=1S/C23H26N2O2S2/c1-15-10-12-25(22(26)27-23(2,3)4)19(15)21-24-18(14-29-21)20-17(11-13-28-20)16-8-6-5-7-9-16/h5-9,11,13-15,19H,10,12H2,1-4H3/t15-,19-/m0/s1. The Bertz CT molecular complexity index is 988. The van der Waals surface area contributed by atoms with E-state index < -0.39 is 5.60 Å². The Morgan fingerprint density at radius 3 is 2.66 bits per heavy atom. The zero-order valence-corrected chi connectivity index (χ0v) is 18.8. The van der Waals surface area contributed by atoms with Gasteiger partial charge in [0.1, 0.15) is 10.6 Å². The van der Waals surface area contributed by atoms with Crippen molar-refractivity contribution in [1.82, 2.24) is 9.88 Å². The van der Waals surface area contributed by atoms with Crippen molar-refractivity contribution in [2.75, 3.05) is 6.54 Å². The molecule has 1 fully saturated rings. The molecule has 6 heteroatoms. The van der Waals surface area contributed by atoms with Gasteiger partial charge in [0.05, 0.1) is 16.6 Å². The van der Waals surface area contributed by atoms with Gasteiger partial charge in [-0.3, -0.25) is 4.90 Å². The van der Waals surface area contributed by atoms with E-state index in [4.69, 9.17) is 9.72 Å². The van der Waals surface area contributed by atoms with Gasteiger partial charge in [-0.05, 0) is 50.1 Å². The number of hydrogen-bond donors (Lipinski definition) is 0. The Morgan fingerprint density at radius 1 is 1.17 bits per heavy atom. The van der Waals surface area contributed by atoms with Crippen molar-refractivity contribution in [2.24, 2.45) is 5.92 Å².